The van der Waals surface area contributed by atoms with Gasteiger partial charge >= 0.3 is 5.97 Å². The molecule has 0 aromatic rings. The van der Waals surface area contributed by atoms with Crippen LogP contribution >= 0.6 is 11.8 Å². The van der Waals surface area contributed by atoms with Gasteiger partial charge in [0.2, 0.25) is 0 Å². The van der Waals surface area contributed by atoms with Crippen molar-refractivity contribution >= 4 is 17.7 Å². The molecular weight excluding hydrogens is 196 g/mol. The standard InChI is InChI=1S/C11H18O2S/c1-2-7-13-11(12)4-3-10-5-8-14-9-6-10/h3-4,10H,2,5-9H2,1H3. The second kappa shape index (κ2) is 6.93. The summed E-state index contributed by atoms with van der Waals surface area (Å²) in [5.41, 5.74) is 0. The van der Waals surface area contributed by atoms with Crippen molar-refractivity contribution in [2.24, 2.45) is 5.92 Å². The Morgan fingerprint density at radius 2 is 2.21 bits per heavy atom. The fraction of sp³-hybridized carbons (Fsp3) is 0.727. The molecule has 1 heterocycles. The molecule has 0 aromatic heterocycles. The molecule has 80 valence electrons. The van der Waals surface area contributed by atoms with Gasteiger partial charge in [-0.2, -0.15) is 11.8 Å². The summed E-state index contributed by atoms with van der Waals surface area (Å²) in [6.07, 6.45) is 6.89. The number of ether oxygens (including phenoxy) is 1. The van der Waals surface area contributed by atoms with Crippen molar-refractivity contribution in [3.63, 3.8) is 0 Å². The molecule has 0 bridgehead atoms. The predicted molar refractivity (Wildman–Crippen MR) is 60.4 cm³/mol. The first kappa shape index (κ1) is 11.6. The predicted octanol–water partition coefficient (Wildman–Crippen LogP) is 2.64. The van der Waals surface area contributed by atoms with Crippen LogP contribution in [0.3, 0.4) is 0 Å². The van der Waals surface area contributed by atoms with E-state index in [-0.39, 0.29) is 5.97 Å². The van der Waals surface area contributed by atoms with E-state index in [1.807, 2.05) is 24.8 Å². The summed E-state index contributed by atoms with van der Waals surface area (Å²) in [5.74, 6) is 2.84. The number of rotatable bonds is 4. The minimum Gasteiger partial charge on any atom is -0.463 e. The van der Waals surface area contributed by atoms with Crippen molar-refractivity contribution in [1.29, 1.82) is 0 Å². The third kappa shape index (κ3) is 4.70. The molecule has 14 heavy (non-hydrogen) atoms. The molecule has 3 heteroatoms. The Kier molecular flexibility index (Phi) is 5.76. The molecule has 1 saturated heterocycles. The smallest absolute Gasteiger partial charge is 0.330 e. The Balaban J connectivity index is 2.20. The van der Waals surface area contributed by atoms with Crippen molar-refractivity contribution in [1.82, 2.24) is 0 Å². The average molecular weight is 214 g/mol. The van der Waals surface area contributed by atoms with Crippen LogP contribution < -0.4 is 0 Å². The molecule has 2 nitrogen and oxygen atoms in total. The van der Waals surface area contributed by atoms with Crippen LogP contribution in [0.2, 0.25) is 0 Å². The van der Waals surface area contributed by atoms with Gasteiger partial charge in [-0.25, -0.2) is 4.79 Å². The quantitative estimate of drug-likeness (QED) is 0.531. The topological polar surface area (TPSA) is 26.3 Å². The second-order valence-electron chi connectivity index (χ2n) is 3.48. The number of hydrogen-bond acceptors (Lipinski definition) is 3. The molecule has 0 spiro atoms. The van der Waals surface area contributed by atoms with Crippen molar-refractivity contribution in [2.75, 3.05) is 18.1 Å². The zero-order valence-corrected chi connectivity index (χ0v) is 9.52. The summed E-state index contributed by atoms with van der Waals surface area (Å²) < 4.78 is 4.95. The van der Waals surface area contributed by atoms with E-state index in [4.69, 9.17) is 4.74 Å². The second-order valence-corrected chi connectivity index (χ2v) is 4.70. The largest absolute Gasteiger partial charge is 0.463 e. The number of allylic oxidation sites excluding steroid dienone is 1. The Labute approximate surface area is 90.1 Å². The van der Waals surface area contributed by atoms with Crippen molar-refractivity contribution in [3.8, 4) is 0 Å². The van der Waals surface area contributed by atoms with E-state index >= 15 is 0 Å². The molecule has 0 unspecified atom stereocenters. The van der Waals surface area contributed by atoms with E-state index in [0.29, 0.717) is 12.5 Å². The Morgan fingerprint density at radius 3 is 2.86 bits per heavy atom. The summed E-state index contributed by atoms with van der Waals surface area (Å²) in [5, 5.41) is 0. The van der Waals surface area contributed by atoms with Gasteiger partial charge in [-0.1, -0.05) is 13.0 Å². The number of carbonyl (C=O) groups excluding carboxylic acids is 1. The van der Waals surface area contributed by atoms with E-state index in [0.717, 1.165) is 6.42 Å². The third-order valence-corrected chi connectivity index (χ3v) is 3.27. The van der Waals surface area contributed by atoms with Crippen molar-refractivity contribution in [2.45, 2.75) is 26.2 Å². The van der Waals surface area contributed by atoms with Crippen LogP contribution in [0.1, 0.15) is 26.2 Å². The number of esters is 1. The van der Waals surface area contributed by atoms with Crippen LogP contribution in [-0.4, -0.2) is 24.1 Å². The zero-order chi connectivity index (χ0) is 10.2. The lowest BCUT2D eigenvalue weighted by molar-refractivity contribution is -0.137. The molecule has 0 N–H and O–H groups in total. The van der Waals surface area contributed by atoms with Gasteiger partial charge in [0.15, 0.2) is 0 Å². The summed E-state index contributed by atoms with van der Waals surface area (Å²) in [4.78, 5) is 11.1. The molecule has 0 saturated carbocycles. The molecule has 0 amide bonds. The molecule has 1 fully saturated rings. The molecule has 0 atom stereocenters. The fourth-order valence-electron chi connectivity index (χ4n) is 1.37. The highest BCUT2D eigenvalue weighted by molar-refractivity contribution is 7.99. The molecule has 1 aliphatic rings. The minimum absolute atomic E-state index is 0.190. The molecule has 1 rings (SSSR count). The lowest BCUT2D eigenvalue weighted by Crippen LogP contribution is -2.08. The number of thioether (sulfide) groups is 1. The highest BCUT2D eigenvalue weighted by atomic mass is 32.2. The van der Waals surface area contributed by atoms with Gasteiger partial charge in [0.05, 0.1) is 6.61 Å². The minimum atomic E-state index is -0.190. The molecule has 0 aromatic carbocycles. The van der Waals surface area contributed by atoms with Gasteiger partial charge < -0.3 is 4.74 Å². The van der Waals surface area contributed by atoms with Gasteiger partial charge in [-0.05, 0) is 36.7 Å². The first-order valence-corrected chi connectivity index (χ1v) is 6.41. The van der Waals surface area contributed by atoms with E-state index < -0.39 is 0 Å². The third-order valence-electron chi connectivity index (χ3n) is 2.22. The van der Waals surface area contributed by atoms with Gasteiger partial charge in [0, 0.05) is 6.08 Å². The van der Waals surface area contributed by atoms with Crippen LogP contribution in [0.15, 0.2) is 12.2 Å². The highest BCUT2D eigenvalue weighted by Crippen LogP contribution is 2.23. The van der Waals surface area contributed by atoms with Crippen LogP contribution in [0.4, 0.5) is 0 Å². The first-order chi connectivity index (χ1) is 6.83. The van der Waals surface area contributed by atoms with E-state index in [9.17, 15) is 4.79 Å². The lowest BCUT2D eigenvalue weighted by Gasteiger charge is -2.17. The SMILES string of the molecule is CCCOC(=O)C=CC1CCSCC1. The van der Waals surface area contributed by atoms with Gasteiger partial charge in [-0.3, -0.25) is 0 Å². The van der Waals surface area contributed by atoms with Gasteiger partial charge in [0.25, 0.3) is 0 Å². The first-order valence-electron chi connectivity index (χ1n) is 5.25. The Morgan fingerprint density at radius 1 is 1.50 bits per heavy atom. The molecule has 1 aliphatic heterocycles. The fourth-order valence-corrected chi connectivity index (χ4v) is 2.52. The van der Waals surface area contributed by atoms with Crippen LogP contribution in [0.25, 0.3) is 0 Å². The highest BCUT2D eigenvalue weighted by Gasteiger charge is 2.10. The number of hydrogen-bond donors (Lipinski definition) is 0. The summed E-state index contributed by atoms with van der Waals surface area (Å²) in [7, 11) is 0. The maximum Gasteiger partial charge on any atom is 0.330 e. The zero-order valence-electron chi connectivity index (χ0n) is 8.70. The monoisotopic (exact) mass is 214 g/mol. The van der Waals surface area contributed by atoms with Crippen molar-refractivity contribution < 1.29 is 9.53 Å². The molecule has 0 radical (unpaired) electrons. The Hall–Kier alpha value is -0.440. The van der Waals surface area contributed by atoms with Crippen molar-refractivity contribution in [3.05, 3.63) is 12.2 Å². The van der Waals surface area contributed by atoms with Crippen LogP contribution in [-0.2, 0) is 9.53 Å². The number of carbonyl (C=O) groups is 1. The molecular formula is C11H18O2S. The van der Waals surface area contributed by atoms with E-state index in [1.54, 1.807) is 6.08 Å². The lowest BCUT2D eigenvalue weighted by atomic mass is 10.0. The van der Waals surface area contributed by atoms with Gasteiger partial charge in [-0.15, -0.1) is 0 Å². The van der Waals surface area contributed by atoms with Gasteiger partial charge in [0.1, 0.15) is 0 Å². The maximum absolute atomic E-state index is 11.1. The molecule has 0 aliphatic carbocycles. The normalized spacial score (nSPS) is 18.6. The van der Waals surface area contributed by atoms with Crippen LogP contribution in [0, 0.1) is 5.92 Å². The summed E-state index contributed by atoms with van der Waals surface area (Å²) in [6.45, 7) is 2.53. The van der Waals surface area contributed by atoms with E-state index in [1.165, 1.54) is 24.3 Å². The van der Waals surface area contributed by atoms with E-state index in [2.05, 4.69) is 0 Å². The summed E-state index contributed by atoms with van der Waals surface area (Å²) >= 11 is 2.00. The van der Waals surface area contributed by atoms with Crippen LogP contribution in [0.5, 0.6) is 0 Å². The maximum atomic E-state index is 11.1. The average Bonchev–Trinajstić information content (AvgIpc) is 2.25. The Bertz CT molecular complexity index is 195. The summed E-state index contributed by atoms with van der Waals surface area (Å²) in [6, 6.07) is 0.